The lowest BCUT2D eigenvalue weighted by Gasteiger charge is -2.20. The summed E-state index contributed by atoms with van der Waals surface area (Å²) in [4.78, 5) is 39.8. The normalized spacial score (nSPS) is 23.9. The van der Waals surface area contributed by atoms with Crippen LogP contribution in [0.4, 0.5) is 4.79 Å². The van der Waals surface area contributed by atoms with Crippen LogP contribution in [0.15, 0.2) is 24.5 Å². The van der Waals surface area contributed by atoms with E-state index in [-0.39, 0.29) is 36.9 Å². The number of hydrogen-bond donors (Lipinski definition) is 2. The molecule has 2 aliphatic heterocycles. The van der Waals surface area contributed by atoms with Gasteiger partial charge in [0.15, 0.2) is 0 Å². The van der Waals surface area contributed by atoms with E-state index in [2.05, 4.69) is 15.6 Å². The first-order valence-electron chi connectivity index (χ1n) is 7.46. The van der Waals surface area contributed by atoms with Crippen molar-refractivity contribution in [2.45, 2.75) is 12.5 Å². The van der Waals surface area contributed by atoms with Gasteiger partial charge in [0.05, 0.1) is 19.3 Å². The van der Waals surface area contributed by atoms with Crippen LogP contribution in [0, 0.1) is 5.92 Å². The standard InChI is InChI=1S/C15H18N4O4/c20-13(6-19-7-14(21)18-15(19)22)17-12-9-23-8-11(12)5-10-1-3-16-4-2-10/h1-4,11-12H,5-9H2,(H,17,20)(H,18,21,22)/t11-,12+/m1/s1. The largest absolute Gasteiger partial charge is 0.379 e. The minimum atomic E-state index is -0.527. The number of imide groups is 1. The van der Waals surface area contributed by atoms with Crippen LogP contribution in [0.5, 0.6) is 0 Å². The van der Waals surface area contributed by atoms with E-state index in [0.717, 1.165) is 12.0 Å². The zero-order valence-electron chi connectivity index (χ0n) is 12.5. The molecule has 2 fully saturated rings. The van der Waals surface area contributed by atoms with Crippen molar-refractivity contribution in [1.82, 2.24) is 20.5 Å². The molecular weight excluding hydrogens is 300 g/mol. The summed E-state index contributed by atoms with van der Waals surface area (Å²) in [5.41, 5.74) is 1.14. The van der Waals surface area contributed by atoms with Crippen molar-refractivity contribution in [3.05, 3.63) is 30.1 Å². The van der Waals surface area contributed by atoms with Crippen molar-refractivity contribution >= 4 is 17.8 Å². The molecule has 3 heterocycles. The molecule has 0 radical (unpaired) electrons. The molecule has 8 heteroatoms. The van der Waals surface area contributed by atoms with Crippen LogP contribution in [0.1, 0.15) is 5.56 Å². The average molecular weight is 318 g/mol. The zero-order valence-corrected chi connectivity index (χ0v) is 12.5. The van der Waals surface area contributed by atoms with E-state index in [0.29, 0.717) is 13.2 Å². The van der Waals surface area contributed by atoms with Gasteiger partial charge < -0.3 is 15.0 Å². The number of carbonyl (C=O) groups excluding carboxylic acids is 3. The predicted molar refractivity (Wildman–Crippen MR) is 79.3 cm³/mol. The van der Waals surface area contributed by atoms with E-state index in [1.807, 2.05) is 12.1 Å². The lowest BCUT2D eigenvalue weighted by Crippen LogP contribution is -2.46. The van der Waals surface area contributed by atoms with E-state index >= 15 is 0 Å². The van der Waals surface area contributed by atoms with E-state index in [1.165, 1.54) is 4.90 Å². The highest BCUT2D eigenvalue weighted by Crippen LogP contribution is 2.19. The molecule has 122 valence electrons. The Hall–Kier alpha value is -2.48. The summed E-state index contributed by atoms with van der Waals surface area (Å²) in [6.07, 6.45) is 4.26. The predicted octanol–water partition coefficient (Wildman–Crippen LogP) is -0.693. The molecule has 0 unspecified atom stereocenters. The maximum atomic E-state index is 12.1. The van der Waals surface area contributed by atoms with Crippen LogP contribution in [0.25, 0.3) is 0 Å². The third kappa shape index (κ3) is 3.84. The van der Waals surface area contributed by atoms with Gasteiger partial charge in [-0.25, -0.2) is 4.79 Å². The van der Waals surface area contributed by atoms with Gasteiger partial charge in [-0.2, -0.15) is 0 Å². The molecule has 23 heavy (non-hydrogen) atoms. The fraction of sp³-hybridized carbons (Fsp3) is 0.467. The molecule has 8 nitrogen and oxygen atoms in total. The Bertz CT molecular complexity index is 607. The SMILES string of the molecule is O=C1CN(CC(=O)N[C@H]2COC[C@H]2Cc2ccncc2)C(=O)N1. The van der Waals surface area contributed by atoms with Crippen molar-refractivity contribution in [3.8, 4) is 0 Å². The molecule has 3 rings (SSSR count). The molecular formula is C15H18N4O4. The molecule has 2 saturated heterocycles. The Morgan fingerprint density at radius 2 is 2.13 bits per heavy atom. The highest BCUT2D eigenvalue weighted by molar-refractivity contribution is 6.03. The Morgan fingerprint density at radius 3 is 2.83 bits per heavy atom. The van der Waals surface area contributed by atoms with Crippen molar-refractivity contribution < 1.29 is 19.1 Å². The first-order valence-corrected chi connectivity index (χ1v) is 7.46. The number of carbonyl (C=O) groups is 3. The second kappa shape index (κ2) is 6.74. The van der Waals surface area contributed by atoms with Crippen LogP contribution in [0.3, 0.4) is 0 Å². The number of hydrogen-bond acceptors (Lipinski definition) is 5. The van der Waals surface area contributed by atoms with E-state index in [1.54, 1.807) is 12.4 Å². The Balaban J connectivity index is 1.53. The van der Waals surface area contributed by atoms with Gasteiger partial charge in [0, 0.05) is 18.3 Å². The Kier molecular flexibility index (Phi) is 4.52. The van der Waals surface area contributed by atoms with Crippen LogP contribution >= 0.6 is 0 Å². The third-order valence-corrected chi connectivity index (χ3v) is 3.99. The summed E-state index contributed by atoms with van der Waals surface area (Å²) in [6, 6.07) is 3.26. The first-order chi connectivity index (χ1) is 11.1. The summed E-state index contributed by atoms with van der Waals surface area (Å²) in [7, 11) is 0. The molecule has 4 amide bonds. The maximum absolute atomic E-state index is 12.1. The summed E-state index contributed by atoms with van der Waals surface area (Å²) in [5.74, 6) is -0.497. The average Bonchev–Trinajstić information content (AvgIpc) is 3.07. The topological polar surface area (TPSA) is 101 Å². The van der Waals surface area contributed by atoms with Crippen LogP contribution in [-0.4, -0.2) is 60.1 Å². The lowest BCUT2D eigenvalue weighted by atomic mass is 9.95. The number of urea groups is 1. The number of rotatable bonds is 5. The molecule has 0 aromatic carbocycles. The van der Waals surface area contributed by atoms with Gasteiger partial charge in [-0.15, -0.1) is 0 Å². The minimum Gasteiger partial charge on any atom is -0.379 e. The number of nitrogens with one attached hydrogen (secondary N) is 2. The smallest absolute Gasteiger partial charge is 0.325 e. The van der Waals surface area contributed by atoms with Gasteiger partial charge in [0.1, 0.15) is 13.1 Å². The van der Waals surface area contributed by atoms with Crippen molar-refractivity contribution in [3.63, 3.8) is 0 Å². The van der Waals surface area contributed by atoms with E-state index in [4.69, 9.17) is 4.74 Å². The second-order valence-corrected chi connectivity index (χ2v) is 5.74. The van der Waals surface area contributed by atoms with Gasteiger partial charge in [-0.05, 0) is 24.1 Å². The monoisotopic (exact) mass is 318 g/mol. The van der Waals surface area contributed by atoms with Crippen molar-refractivity contribution in [2.75, 3.05) is 26.3 Å². The second-order valence-electron chi connectivity index (χ2n) is 5.74. The summed E-state index contributed by atoms with van der Waals surface area (Å²) < 4.78 is 5.47. The molecule has 1 aromatic heterocycles. The number of pyridine rings is 1. The quantitative estimate of drug-likeness (QED) is 0.700. The number of ether oxygens (including phenoxy) is 1. The van der Waals surface area contributed by atoms with Crippen molar-refractivity contribution in [1.29, 1.82) is 0 Å². The van der Waals surface area contributed by atoms with Gasteiger partial charge >= 0.3 is 6.03 Å². The minimum absolute atomic E-state index is 0.0755. The molecule has 2 atom stereocenters. The fourth-order valence-corrected chi connectivity index (χ4v) is 2.82. The Labute approximate surface area is 133 Å². The third-order valence-electron chi connectivity index (χ3n) is 3.99. The van der Waals surface area contributed by atoms with Gasteiger partial charge in [-0.1, -0.05) is 0 Å². The van der Waals surface area contributed by atoms with Gasteiger partial charge in [0.2, 0.25) is 11.8 Å². The molecule has 0 aliphatic carbocycles. The van der Waals surface area contributed by atoms with Crippen molar-refractivity contribution in [2.24, 2.45) is 5.92 Å². The maximum Gasteiger partial charge on any atom is 0.325 e. The number of aromatic nitrogens is 1. The number of nitrogens with zero attached hydrogens (tertiary/aromatic N) is 2. The molecule has 0 spiro atoms. The van der Waals surface area contributed by atoms with Crippen LogP contribution in [0.2, 0.25) is 0 Å². The molecule has 2 aliphatic rings. The molecule has 1 aromatic rings. The molecule has 2 N–H and O–H groups in total. The highest BCUT2D eigenvalue weighted by Gasteiger charge is 2.32. The van der Waals surface area contributed by atoms with Crippen LogP contribution in [-0.2, 0) is 20.7 Å². The van der Waals surface area contributed by atoms with Crippen LogP contribution < -0.4 is 10.6 Å². The van der Waals surface area contributed by atoms with E-state index in [9.17, 15) is 14.4 Å². The fourth-order valence-electron chi connectivity index (χ4n) is 2.82. The summed E-state index contributed by atoms with van der Waals surface area (Å²) >= 11 is 0. The summed E-state index contributed by atoms with van der Waals surface area (Å²) in [5, 5.41) is 5.04. The lowest BCUT2D eigenvalue weighted by molar-refractivity contribution is -0.122. The Morgan fingerprint density at radius 1 is 1.35 bits per heavy atom. The first kappa shape index (κ1) is 15.4. The molecule has 0 saturated carbocycles. The highest BCUT2D eigenvalue weighted by atomic mass is 16.5. The van der Waals surface area contributed by atoms with Gasteiger partial charge in [0.25, 0.3) is 0 Å². The number of amides is 4. The van der Waals surface area contributed by atoms with Gasteiger partial charge in [-0.3, -0.25) is 19.9 Å². The van der Waals surface area contributed by atoms with E-state index < -0.39 is 6.03 Å². The summed E-state index contributed by atoms with van der Waals surface area (Å²) in [6.45, 7) is 0.826. The molecule has 0 bridgehead atoms. The zero-order chi connectivity index (χ0) is 16.2.